The summed E-state index contributed by atoms with van der Waals surface area (Å²) in [6.07, 6.45) is 3.52. The first-order chi connectivity index (χ1) is 13.0. The van der Waals surface area contributed by atoms with E-state index in [0.29, 0.717) is 41.4 Å². The van der Waals surface area contributed by atoms with E-state index in [1.54, 1.807) is 13.4 Å². The molecule has 142 valence electrons. The smallest absolute Gasteiger partial charge is 0.305 e. The first-order valence-electron chi connectivity index (χ1n) is 8.42. The van der Waals surface area contributed by atoms with Crippen molar-refractivity contribution in [2.75, 3.05) is 19.5 Å². The zero-order chi connectivity index (χ0) is 19.4. The Labute approximate surface area is 166 Å². The molecule has 0 spiro atoms. The molecule has 1 N–H and O–H groups in total. The van der Waals surface area contributed by atoms with Crippen LogP contribution in [0, 0.1) is 0 Å². The Hall–Kier alpha value is -2.38. The van der Waals surface area contributed by atoms with Gasteiger partial charge >= 0.3 is 5.97 Å². The number of ether oxygens (including phenoxy) is 1. The number of carbonyl (C=O) groups is 1. The number of benzene rings is 1. The molecule has 2 aromatic heterocycles. The molecule has 1 aromatic carbocycles. The molecule has 27 heavy (non-hydrogen) atoms. The van der Waals surface area contributed by atoms with Crippen LogP contribution in [0.3, 0.4) is 0 Å². The van der Waals surface area contributed by atoms with E-state index in [4.69, 9.17) is 27.9 Å². The molecule has 0 saturated carbocycles. The molecule has 0 atom stereocenters. The fraction of sp³-hybridized carbons (Fsp3) is 0.333. The van der Waals surface area contributed by atoms with Crippen LogP contribution >= 0.6 is 23.2 Å². The first-order valence-corrected chi connectivity index (χ1v) is 9.17. The molecular weight excluding hydrogens is 389 g/mol. The van der Waals surface area contributed by atoms with Crippen molar-refractivity contribution in [3.8, 4) is 0 Å². The van der Waals surface area contributed by atoms with E-state index in [-0.39, 0.29) is 11.3 Å². The van der Waals surface area contributed by atoms with Gasteiger partial charge in [0, 0.05) is 18.5 Å². The molecule has 2 heterocycles. The van der Waals surface area contributed by atoms with E-state index in [0.717, 1.165) is 17.5 Å². The lowest BCUT2D eigenvalue weighted by Crippen LogP contribution is -2.05. The molecule has 0 aliphatic carbocycles. The number of nitrogens with zero attached hydrogens (tertiary/aromatic N) is 4. The topological polar surface area (TPSA) is 81.9 Å². The van der Waals surface area contributed by atoms with Crippen molar-refractivity contribution in [2.24, 2.45) is 0 Å². The SMILES string of the molecule is CNc1nc(Cl)nc2c1ncn2Cc1cc(Cl)ccc1CCCC(=O)OC. The number of aryl methyl sites for hydroxylation is 1. The molecule has 7 nitrogen and oxygen atoms in total. The third kappa shape index (κ3) is 4.48. The maximum absolute atomic E-state index is 11.3. The second-order valence-corrected chi connectivity index (χ2v) is 6.75. The molecule has 0 aliphatic rings. The summed E-state index contributed by atoms with van der Waals surface area (Å²) in [5, 5.41) is 3.78. The average molecular weight is 408 g/mol. The minimum absolute atomic E-state index is 0.151. The number of carbonyl (C=O) groups excluding carboxylic acids is 1. The van der Waals surface area contributed by atoms with Gasteiger partial charge in [-0.25, -0.2) is 4.98 Å². The van der Waals surface area contributed by atoms with Crippen molar-refractivity contribution in [3.63, 3.8) is 0 Å². The highest BCUT2D eigenvalue weighted by Crippen LogP contribution is 2.24. The van der Waals surface area contributed by atoms with Crippen molar-refractivity contribution in [2.45, 2.75) is 25.8 Å². The van der Waals surface area contributed by atoms with Crippen molar-refractivity contribution >= 4 is 46.2 Å². The maximum Gasteiger partial charge on any atom is 0.305 e. The van der Waals surface area contributed by atoms with Gasteiger partial charge in [-0.2, -0.15) is 9.97 Å². The zero-order valence-corrected chi connectivity index (χ0v) is 16.5. The number of anilines is 1. The van der Waals surface area contributed by atoms with Crippen LogP contribution < -0.4 is 5.32 Å². The molecule has 0 saturated heterocycles. The number of hydrogen-bond donors (Lipinski definition) is 1. The van der Waals surface area contributed by atoms with Gasteiger partial charge in [-0.1, -0.05) is 17.7 Å². The van der Waals surface area contributed by atoms with E-state index >= 15 is 0 Å². The third-order valence-electron chi connectivity index (χ3n) is 4.24. The highest BCUT2D eigenvalue weighted by atomic mass is 35.5. The predicted octanol–water partition coefficient (Wildman–Crippen LogP) is 3.72. The molecule has 0 unspecified atom stereocenters. The van der Waals surface area contributed by atoms with E-state index in [1.807, 2.05) is 22.8 Å². The van der Waals surface area contributed by atoms with Crippen LogP contribution in [0.1, 0.15) is 24.0 Å². The van der Waals surface area contributed by atoms with Crippen molar-refractivity contribution in [1.29, 1.82) is 0 Å². The van der Waals surface area contributed by atoms with Crippen LogP contribution in [-0.4, -0.2) is 39.6 Å². The van der Waals surface area contributed by atoms with Crippen molar-refractivity contribution < 1.29 is 9.53 Å². The van der Waals surface area contributed by atoms with E-state index in [1.165, 1.54) is 7.11 Å². The quantitative estimate of drug-likeness (QED) is 0.474. The Kier molecular flexibility index (Phi) is 6.13. The maximum atomic E-state index is 11.3. The molecule has 0 fully saturated rings. The monoisotopic (exact) mass is 407 g/mol. The Bertz CT molecular complexity index is 974. The highest BCUT2D eigenvalue weighted by molar-refractivity contribution is 6.30. The molecule has 0 aliphatic heterocycles. The number of methoxy groups -OCH3 is 1. The third-order valence-corrected chi connectivity index (χ3v) is 4.64. The largest absolute Gasteiger partial charge is 0.469 e. The second kappa shape index (κ2) is 8.54. The second-order valence-electron chi connectivity index (χ2n) is 5.98. The number of nitrogens with one attached hydrogen (secondary N) is 1. The summed E-state index contributed by atoms with van der Waals surface area (Å²) < 4.78 is 6.60. The summed E-state index contributed by atoms with van der Waals surface area (Å²) in [5.74, 6) is 0.366. The van der Waals surface area contributed by atoms with Crippen LogP contribution in [0.15, 0.2) is 24.5 Å². The van der Waals surface area contributed by atoms with Gasteiger partial charge in [0.1, 0.15) is 0 Å². The van der Waals surface area contributed by atoms with Gasteiger partial charge in [-0.15, -0.1) is 0 Å². The van der Waals surface area contributed by atoms with Gasteiger partial charge in [0.25, 0.3) is 0 Å². The zero-order valence-electron chi connectivity index (χ0n) is 15.0. The van der Waals surface area contributed by atoms with Crippen LogP contribution in [-0.2, 0) is 22.5 Å². The number of imidazole rings is 1. The summed E-state index contributed by atoms with van der Waals surface area (Å²) in [6, 6.07) is 5.75. The summed E-state index contributed by atoms with van der Waals surface area (Å²) in [6.45, 7) is 0.529. The van der Waals surface area contributed by atoms with Crippen LogP contribution in [0.2, 0.25) is 10.3 Å². The predicted molar refractivity (Wildman–Crippen MR) is 105 cm³/mol. The Balaban J connectivity index is 1.89. The minimum Gasteiger partial charge on any atom is -0.469 e. The average Bonchev–Trinajstić information content (AvgIpc) is 3.05. The molecule has 3 aromatic rings. The van der Waals surface area contributed by atoms with E-state index in [9.17, 15) is 4.79 Å². The highest BCUT2D eigenvalue weighted by Gasteiger charge is 2.13. The molecule has 3 rings (SSSR count). The number of halogens is 2. The van der Waals surface area contributed by atoms with Crippen LogP contribution in [0.25, 0.3) is 11.2 Å². The van der Waals surface area contributed by atoms with Gasteiger partial charge < -0.3 is 14.6 Å². The summed E-state index contributed by atoms with van der Waals surface area (Å²) in [4.78, 5) is 24.2. The summed E-state index contributed by atoms with van der Waals surface area (Å²) in [5.41, 5.74) is 3.43. The number of fused-ring (bicyclic) bond motifs is 1. The van der Waals surface area contributed by atoms with Gasteiger partial charge in [-0.05, 0) is 47.7 Å². The van der Waals surface area contributed by atoms with Gasteiger partial charge in [0.2, 0.25) is 5.28 Å². The van der Waals surface area contributed by atoms with E-state index in [2.05, 4.69) is 20.3 Å². The summed E-state index contributed by atoms with van der Waals surface area (Å²) >= 11 is 12.2. The Morgan fingerprint density at radius 2 is 2.07 bits per heavy atom. The molecule has 0 radical (unpaired) electrons. The number of rotatable bonds is 7. The Morgan fingerprint density at radius 1 is 1.26 bits per heavy atom. The molecule has 0 bridgehead atoms. The van der Waals surface area contributed by atoms with E-state index < -0.39 is 0 Å². The summed E-state index contributed by atoms with van der Waals surface area (Å²) in [7, 11) is 3.15. The fourth-order valence-electron chi connectivity index (χ4n) is 2.90. The minimum atomic E-state index is -0.211. The van der Waals surface area contributed by atoms with Gasteiger partial charge in [0.05, 0.1) is 20.0 Å². The standard InChI is InChI=1S/C18H19Cl2N5O2/c1-21-16-15-17(24-18(20)23-16)25(10-22-15)9-12-8-13(19)7-6-11(12)4-3-5-14(26)27-2/h6-8,10H,3-5,9H2,1-2H3,(H,21,23,24). The van der Waals surface area contributed by atoms with Crippen molar-refractivity contribution in [3.05, 3.63) is 46.0 Å². The molecule has 0 amide bonds. The lowest BCUT2D eigenvalue weighted by Gasteiger charge is -2.11. The number of esters is 1. The fourth-order valence-corrected chi connectivity index (χ4v) is 3.26. The molecular formula is C18H19Cl2N5O2. The molecule has 9 heteroatoms. The lowest BCUT2D eigenvalue weighted by atomic mass is 10.0. The Morgan fingerprint density at radius 3 is 2.81 bits per heavy atom. The van der Waals surface area contributed by atoms with Gasteiger partial charge in [0.15, 0.2) is 17.0 Å². The lowest BCUT2D eigenvalue weighted by molar-refractivity contribution is -0.140. The van der Waals surface area contributed by atoms with Crippen molar-refractivity contribution in [1.82, 2.24) is 19.5 Å². The van der Waals surface area contributed by atoms with Gasteiger partial charge in [-0.3, -0.25) is 4.79 Å². The number of aromatic nitrogens is 4. The number of hydrogen-bond acceptors (Lipinski definition) is 6. The van der Waals surface area contributed by atoms with Crippen LogP contribution in [0.5, 0.6) is 0 Å². The van der Waals surface area contributed by atoms with Crippen LogP contribution in [0.4, 0.5) is 5.82 Å². The normalized spacial score (nSPS) is 11.0. The first kappa shape index (κ1) is 19.4.